The molecule has 0 bridgehead atoms. The maximum absolute atomic E-state index is 12.6. The van der Waals surface area contributed by atoms with Gasteiger partial charge < -0.3 is 10.1 Å². The molecule has 8 heteroatoms. The van der Waals surface area contributed by atoms with Crippen LogP contribution < -0.4 is 9.88 Å². The van der Waals surface area contributed by atoms with Crippen molar-refractivity contribution in [1.82, 2.24) is 4.31 Å². The number of carbonyl (C=O) groups excluding carboxylic acids is 1. The summed E-state index contributed by atoms with van der Waals surface area (Å²) in [5, 5.41) is 2.81. The van der Waals surface area contributed by atoms with E-state index in [0.29, 0.717) is 32.0 Å². The molecular weight excluding hydrogens is 366 g/mol. The third-order valence-corrected chi connectivity index (χ3v) is 6.59. The van der Waals surface area contributed by atoms with Gasteiger partial charge in [-0.25, -0.2) is 8.42 Å². The summed E-state index contributed by atoms with van der Waals surface area (Å²) in [4.78, 5) is 12.5. The molecule has 1 N–H and O–H groups in total. The highest BCUT2D eigenvalue weighted by Crippen LogP contribution is 2.19. The number of carbonyl (C=O) groups is 1. The smallest absolute Gasteiger partial charge is 0.290 e. The van der Waals surface area contributed by atoms with E-state index in [9.17, 15) is 13.2 Å². The first kappa shape index (κ1) is 19.5. The Balaban J connectivity index is 1.66. The van der Waals surface area contributed by atoms with Gasteiger partial charge in [0.25, 0.3) is 5.91 Å². The highest BCUT2D eigenvalue weighted by atomic mass is 32.2. The summed E-state index contributed by atoms with van der Waals surface area (Å²) < 4.78 is 33.7. The van der Waals surface area contributed by atoms with Crippen LogP contribution in [0.15, 0.2) is 47.5 Å². The Morgan fingerprint density at radius 1 is 1.15 bits per heavy atom. The molecule has 7 nitrogen and oxygen atoms in total. The average Bonchev–Trinajstić information content (AvgIpc) is 2.66. The fraction of sp³-hybridized carbons (Fsp3) is 0.368. The van der Waals surface area contributed by atoms with E-state index in [-0.39, 0.29) is 17.3 Å². The molecule has 0 atom stereocenters. The Bertz CT molecular complexity index is 920. The van der Waals surface area contributed by atoms with Crippen LogP contribution in [0.4, 0.5) is 5.69 Å². The third kappa shape index (κ3) is 4.52. The van der Waals surface area contributed by atoms with Crippen molar-refractivity contribution >= 4 is 21.6 Å². The highest BCUT2D eigenvalue weighted by molar-refractivity contribution is 7.89. The Kier molecular flexibility index (Phi) is 5.88. The predicted molar refractivity (Wildman–Crippen MR) is 101 cm³/mol. The summed E-state index contributed by atoms with van der Waals surface area (Å²) in [6.07, 6.45) is 1.86. The fourth-order valence-corrected chi connectivity index (χ4v) is 4.33. The van der Waals surface area contributed by atoms with Gasteiger partial charge in [0.15, 0.2) is 11.9 Å². The van der Waals surface area contributed by atoms with Gasteiger partial charge in [-0.15, -0.1) is 0 Å². The van der Waals surface area contributed by atoms with Gasteiger partial charge in [0.1, 0.15) is 0 Å². The van der Waals surface area contributed by atoms with Crippen LogP contribution in [-0.4, -0.2) is 44.9 Å². The molecule has 2 aromatic rings. The van der Waals surface area contributed by atoms with Gasteiger partial charge in [-0.05, 0) is 37.3 Å². The lowest BCUT2D eigenvalue weighted by molar-refractivity contribution is -0.690. The second-order valence-electron chi connectivity index (χ2n) is 6.49. The summed E-state index contributed by atoms with van der Waals surface area (Å²) in [7, 11) is -3.53. The first-order valence-electron chi connectivity index (χ1n) is 8.81. The van der Waals surface area contributed by atoms with Crippen LogP contribution in [0.5, 0.6) is 0 Å². The molecule has 0 radical (unpaired) electrons. The minimum Gasteiger partial charge on any atom is -0.379 e. The quantitative estimate of drug-likeness (QED) is 0.780. The average molecular weight is 390 g/mol. The number of aromatic nitrogens is 1. The van der Waals surface area contributed by atoms with Crippen molar-refractivity contribution in [2.24, 2.45) is 0 Å². The maximum atomic E-state index is 12.6. The zero-order valence-corrected chi connectivity index (χ0v) is 16.3. The van der Waals surface area contributed by atoms with Crippen LogP contribution in [0, 0.1) is 13.8 Å². The third-order valence-electron chi connectivity index (χ3n) is 4.67. The van der Waals surface area contributed by atoms with Gasteiger partial charge in [0.05, 0.1) is 18.1 Å². The van der Waals surface area contributed by atoms with E-state index in [4.69, 9.17) is 4.74 Å². The number of nitrogens with zero attached hydrogens (tertiary/aromatic N) is 2. The molecule has 1 saturated heterocycles. The second kappa shape index (κ2) is 8.16. The molecule has 0 spiro atoms. The molecular formula is C19H24N3O4S+. The number of rotatable bonds is 5. The number of ether oxygens (including phenoxy) is 1. The fourth-order valence-electron chi connectivity index (χ4n) is 2.92. The number of sulfonamides is 1. The molecule has 1 aromatic heterocycles. The Morgan fingerprint density at radius 2 is 1.81 bits per heavy atom. The summed E-state index contributed by atoms with van der Waals surface area (Å²) in [6.45, 7) is 5.68. The molecule has 0 aliphatic carbocycles. The molecule has 1 amide bonds. The minimum absolute atomic E-state index is 0.169. The lowest BCUT2D eigenvalue weighted by Gasteiger charge is -2.26. The van der Waals surface area contributed by atoms with E-state index < -0.39 is 10.0 Å². The Labute approximate surface area is 159 Å². The number of morpholine rings is 1. The van der Waals surface area contributed by atoms with Crippen molar-refractivity contribution in [2.75, 3.05) is 31.6 Å². The standard InChI is InChI=1S/C19H23N3O4S/c1-15-4-3-9-21(16(15)2)14-19(23)20-17-5-7-18(8-6-17)27(24,25)22-10-12-26-13-11-22/h3-9H,10-14H2,1-2H3/p+1. The van der Waals surface area contributed by atoms with Crippen LogP contribution in [-0.2, 0) is 26.1 Å². The van der Waals surface area contributed by atoms with Gasteiger partial charge in [-0.3, -0.25) is 4.79 Å². The predicted octanol–water partition coefficient (Wildman–Crippen LogP) is 1.25. The van der Waals surface area contributed by atoms with Crippen molar-refractivity contribution in [3.63, 3.8) is 0 Å². The van der Waals surface area contributed by atoms with E-state index in [1.807, 2.05) is 36.7 Å². The lowest BCUT2D eigenvalue weighted by Crippen LogP contribution is -2.43. The zero-order chi connectivity index (χ0) is 19.4. The summed E-state index contributed by atoms with van der Waals surface area (Å²) in [5.74, 6) is -0.169. The van der Waals surface area contributed by atoms with Crippen LogP contribution in [0.25, 0.3) is 0 Å². The summed E-state index contributed by atoms with van der Waals surface area (Å²) >= 11 is 0. The first-order valence-corrected chi connectivity index (χ1v) is 10.3. The molecule has 1 fully saturated rings. The monoisotopic (exact) mass is 390 g/mol. The number of hydrogen-bond donors (Lipinski definition) is 1. The maximum Gasteiger partial charge on any atom is 0.290 e. The van der Waals surface area contributed by atoms with Crippen molar-refractivity contribution in [1.29, 1.82) is 0 Å². The minimum atomic E-state index is -3.53. The Morgan fingerprint density at radius 3 is 2.48 bits per heavy atom. The van der Waals surface area contributed by atoms with Crippen LogP contribution in [0.1, 0.15) is 11.3 Å². The molecule has 3 rings (SSSR count). The van der Waals surface area contributed by atoms with Crippen molar-refractivity contribution in [2.45, 2.75) is 25.3 Å². The summed E-state index contributed by atoms with van der Waals surface area (Å²) in [5.41, 5.74) is 2.70. The number of amides is 1. The molecule has 1 aliphatic rings. The van der Waals surface area contributed by atoms with Crippen LogP contribution >= 0.6 is 0 Å². The number of aryl methyl sites for hydroxylation is 1. The van der Waals surface area contributed by atoms with Gasteiger partial charge >= 0.3 is 0 Å². The molecule has 1 aromatic carbocycles. The van der Waals surface area contributed by atoms with Gasteiger partial charge in [0.2, 0.25) is 16.6 Å². The first-order chi connectivity index (χ1) is 12.9. The molecule has 0 saturated carbocycles. The van der Waals surface area contributed by atoms with Crippen molar-refractivity contribution in [3.8, 4) is 0 Å². The van der Waals surface area contributed by atoms with Gasteiger partial charge in [-0.1, -0.05) is 0 Å². The lowest BCUT2D eigenvalue weighted by atomic mass is 10.2. The number of hydrogen-bond acceptors (Lipinski definition) is 4. The van der Waals surface area contributed by atoms with Crippen LogP contribution in [0.3, 0.4) is 0 Å². The van der Waals surface area contributed by atoms with Crippen molar-refractivity contribution in [3.05, 3.63) is 53.9 Å². The Hall–Kier alpha value is -2.29. The summed E-state index contributed by atoms with van der Waals surface area (Å²) in [6, 6.07) is 10.2. The van der Waals surface area contributed by atoms with Crippen LogP contribution in [0.2, 0.25) is 0 Å². The second-order valence-corrected chi connectivity index (χ2v) is 8.43. The van der Waals surface area contributed by atoms with E-state index in [0.717, 1.165) is 11.3 Å². The van der Waals surface area contributed by atoms with E-state index in [2.05, 4.69) is 5.32 Å². The molecule has 27 heavy (non-hydrogen) atoms. The van der Waals surface area contributed by atoms with Crippen molar-refractivity contribution < 1.29 is 22.5 Å². The highest BCUT2D eigenvalue weighted by Gasteiger charge is 2.26. The SMILES string of the molecule is Cc1ccc[n+](CC(=O)Nc2ccc(S(=O)(=O)N3CCOCC3)cc2)c1C. The van der Waals surface area contributed by atoms with Gasteiger partial charge in [-0.2, -0.15) is 8.87 Å². The molecule has 1 aliphatic heterocycles. The molecule has 2 heterocycles. The largest absolute Gasteiger partial charge is 0.379 e. The number of nitrogens with one attached hydrogen (secondary N) is 1. The normalized spacial score (nSPS) is 15.5. The molecule has 0 unspecified atom stereocenters. The van der Waals surface area contributed by atoms with E-state index in [1.165, 1.54) is 16.4 Å². The topological polar surface area (TPSA) is 79.6 Å². The zero-order valence-electron chi connectivity index (χ0n) is 15.5. The number of benzene rings is 1. The van der Waals surface area contributed by atoms with Gasteiger partial charge in [0, 0.05) is 37.3 Å². The van der Waals surface area contributed by atoms with E-state index in [1.54, 1.807) is 12.1 Å². The van der Waals surface area contributed by atoms with E-state index >= 15 is 0 Å². The number of pyridine rings is 1. The number of anilines is 1. The molecule has 144 valence electrons.